The van der Waals surface area contributed by atoms with E-state index in [1.807, 2.05) is 68.4 Å². The van der Waals surface area contributed by atoms with E-state index in [-0.39, 0.29) is 30.1 Å². The van der Waals surface area contributed by atoms with Crippen LogP contribution >= 0.6 is 0 Å². The highest BCUT2D eigenvalue weighted by Gasteiger charge is 2.49. The van der Waals surface area contributed by atoms with Crippen LogP contribution in [0.25, 0.3) is 0 Å². The van der Waals surface area contributed by atoms with Gasteiger partial charge >= 0.3 is 0 Å². The van der Waals surface area contributed by atoms with E-state index in [1.165, 1.54) is 0 Å². The summed E-state index contributed by atoms with van der Waals surface area (Å²) in [5, 5.41) is 18.0. The molecule has 1 unspecified atom stereocenters. The molecule has 0 spiro atoms. The number of methoxy groups -OCH3 is 1. The minimum absolute atomic E-state index is 0.0119. The third-order valence-electron chi connectivity index (χ3n) is 8.12. The van der Waals surface area contributed by atoms with Crippen LogP contribution in [0, 0.1) is 11.3 Å². The molecule has 1 aliphatic carbocycles. The summed E-state index contributed by atoms with van der Waals surface area (Å²) in [5.41, 5.74) is 7.52. The average Bonchev–Trinajstić information content (AvgIpc) is 3.03. The fraction of sp³-hybridized carbons (Fsp3) is 0.417. The quantitative estimate of drug-likeness (QED) is 0.198. The Labute approximate surface area is 267 Å². The fourth-order valence-electron chi connectivity index (χ4n) is 5.83. The zero-order valence-corrected chi connectivity index (χ0v) is 27.0. The fourth-order valence-corrected chi connectivity index (χ4v) is 5.83. The smallest absolute Gasteiger partial charge is 0.250 e. The van der Waals surface area contributed by atoms with Crippen molar-refractivity contribution in [3.8, 4) is 5.75 Å². The summed E-state index contributed by atoms with van der Waals surface area (Å²) in [7, 11) is 1.61. The summed E-state index contributed by atoms with van der Waals surface area (Å²) in [5.74, 6) is -1.36. The van der Waals surface area contributed by atoms with E-state index >= 15 is 0 Å². The second-order valence-corrected chi connectivity index (χ2v) is 11.7. The molecule has 0 aromatic heterocycles. The van der Waals surface area contributed by atoms with Crippen LogP contribution in [0.15, 0.2) is 90.2 Å². The van der Waals surface area contributed by atoms with Crippen molar-refractivity contribution >= 4 is 17.7 Å². The molecule has 242 valence electrons. The van der Waals surface area contributed by atoms with Crippen LogP contribution in [0.4, 0.5) is 0 Å². The Hall–Kier alpha value is -4.21. The van der Waals surface area contributed by atoms with E-state index in [9.17, 15) is 19.5 Å². The average molecular weight is 617 g/mol. The number of hydrogen-bond donors (Lipinski definition) is 4. The SMILES string of the molecule is C=C(C)C(=O)NC1=CC(C(N)=O)([C@H](Cc2ccccc2)[C@@H](O)CNCc2cccc(OC)c2)CC(C(=O)N(CCC)CCC)=C1. The summed E-state index contributed by atoms with van der Waals surface area (Å²) in [6.07, 6.45) is 4.02. The van der Waals surface area contributed by atoms with E-state index in [0.717, 1.165) is 29.7 Å². The molecule has 0 radical (unpaired) electrons. The molecule has 2 aromatic carbocycles. The zero-order chi connectivity index (χ0) is 33.0. The van der Waals surface area contributed by atoms with E-state index in [4.69, 9.17) is 10.5 Å². The van der Waals surface area contributed by atoms with Crippen molar-refractivity contribution < 1.29 is 24.2 Å². The molecule has 0 fully saturated rings. The highest BCUT2D eigenvalue weighted by Crippen LogP contribution is 2.44. The van der Waals surface area contributed by atoms with Crippen LogP contribution in [0.3, 0.4) is 0 Å². The maximum absolute atomic E-state index is 13.9. The molecular formula is C36H48N4O5. The van der Waals surface area contributed by atoms with Gasteiger partial charge in [0.25, 0.3) is 5.91 Å². The maximum Gasteiger partial charge on any atom is 0.250 e. The van der Waals surface area contributed by atoms with Crippen LogP contribution in [0.2, 0.25) is 0 Å². The maximum atomic E-state index is 13.9. The molecule has 2 aromatic rings. The van der Waals surface area contributed by atoms with Gasteiger partial charge in [0.05, 0.1) is 18.6 Å². The lowest BCUT2D eigenvalue weighted by molar-refractivity contribution is -0.132. The van der Waals surface area contributed by atoms with Gasteiger partial charge in [0.1, 0.15) is 5.75 Å². The molecule has 9 heteroatoms. The van der Waals surface area contributed by atoms with Gasteiger partial charge in [-0.3, -0.25) is 14.4 Å². The number of carbonyl (C=O) groups is 3. The largest absolute Gasteiger partial charge is 0.497 e. The number of rotatable bonds is 17. The number of aliphatic hydroxyl groups is 1. The predicted octanol–water partition coefficient (Wildman–Crippen LogP) is 4.03. The van der Waals surface area contributed by atoms with Gasteiger partial charge in [-0.1, -0.05) is 62.9 Å². The summed E-state index contributed by atoms with van der Waals surface area (Å²) in [4.78, 5) is 42.2. The first kappa shape index (κ1) is 35.3. The van der Waals surface area contributed by atoms with Crippen molar-refractivity contribution in [3.63, 3.8) is 0 Å². The molecular weight excluding hydrogens is 568 g/mol. The number of carbonyl (C=O) groups excluding carboxylic acids is 3. The zero-order valence-electron chi connectivity index (χ0n) is 27.0. The number of hydrogen-bond acceptors (Lipinski definition) is 6. The monoisotopic (exact) mass is 616 g/mol. The first-order chi connectivity index (χ1) is 21.5. The van der Waals surface area contributed by atoms with Gasteiger partial charge in [-0.2, -0.15) is 0 Å². The number of allylic oxidation sites excluding steroid dienone is 1. The van der Waals surface area contributed by atoms with Crippen molar-refractivity contribution in [3.05, 3.63) is 101 Å². The highest BCUT2D eigenvalue weighted by atomic mass is 16.5. The van der Waals surface area contributed by atoms with E-state index in [1.54, 1.807) is 31.1 Å². The Kier molecular flexibility index (Phi) is 13.1. The van der Waals surface area contributed by atoms with Crippen LogP contribution < -0.4 is 21.1 Å². The van der Waals surface area contributed by atoms with E-state index in [2.05, 4.69) is 17.2 Å². The summed E-state index contributed by atoms with van der Waals surface area (Å²) < 4.78 is 5.33. The molecule has 45 heavy (non-hydrogen) atoms. The standard InChI is InChI=1S/C36H48N4O5/c1-6-16-40(17-7-2)34(43)28-20-29(39-33(42)25(3)4)22-36(21-28,35(37)44)31(19-26-12-9-8-10-13-26)32(41)24-38-23-27-14-11-15-30(18-27)45-5/h8-15,18,20,22,31-32,38,41H,3,6-7,16-17,19,21,23-24H2,1-2,4-5H3,(H2,37,44)(H,39,42)/t31-,32+,36?/m1/s1. The molecule has 1 aliphatic rings. The molecule has 3 amide bonds. The third-order valence-corrected chi connectivity index (χ3v) is 8.12. The summed E-state index contributed by atoms with van der Waals surface area (Å²) >= 11 is 0. The Morgan fingerprint density at radius 2 is 1.73 bits per heavy atom. The van der Waals surface area contributed by atoms with Crippen molar-refractivity contribution in [1.82, 2.24) is 15.5 Å². The number of amides is 3. The van der Waals surface area contributed by atoms with Gasteiger partial charge in [0.2, 0.25) is 11.8 Å². The minimum Gasteiger partial charge on any atom is -0.497 e. The number of primary amides is 1. The number of aliphatic hydroxyl groups excluding tert-OH is 1. The molecule has 0 saturated carbocycles. The van der Waals surface area contributed by atoms with Crippen LogP contribution in [0.5, 0.6) is 5.75 Å². The molecule has 0 aliphatic heterocycles. The number of nitrogens with one attached hydrogen (secondary N) is 2. The molecule has 0 bridgehead atoms. The van der Waals surface area contributed by atoms with Gasteiger partial charge < -0.3 is 31.1 Å². The molecule has 0 saturated heterocycles. The Morgan fingerprint density at radius 1 is 1.07 bits per heavy atom. The first-order valence-electron chi connectivity index (χ1n) is 15.6. The second kappa shape index (κ2) is 16.7. The van der Waals surface area contributed by atoms with Crippen molar-refractivity contribution in [2.24, 2.45) is 17.1 Å². The Bertz CT molecular complexity index is 1400. The highest BCUT2D eigenvalue weighted by molar-refractivity contribution is 5.98. The lowest BCUT2D eigenvalue weighted by atomic mass is 9.63. The summed E-state index contributed by atoms with van der Waals surface area (Å²) in [6.45, 7) is 11.0. The number of ether oxygens (including phenoxy) is 1. The number of nitrogens with zero attached hydrogens (tertiary/aromatic N) is 1. The molecule has 5 N–H and O–H groups in total. The lowest BCUT2D eigenvalue weighted by Crippen LogP contribution is -2.52. The van der Waals surface area contributed by atoms with Gasteiger partial charge in [0.15, 0.2) is 0 Å². The normalized spacial score (nSPS) is 17.4. The lowest BCUT2D eigenvalue weighted by Gasteiger charge is -2.42. The number of nitrogens with two attached hydrogens (primary N) is 1. The third kappa shape index (κ3) is 9.39. The van der Waals surface area contributed by atoms with Gasteiger partial charge in [-0.05, 0) is 68.0 Å². The molecule has 0 heterocycles. The summed E-state index contributed by atoms with van der Waals surface area (Å²) in [6, 6.07) is 17.2. The van der Waals surface area contributed by atoms with E-state index in [0.29, 0.717) is 31.6 Å². The van der Waals surface area contributed by atoms with Gasteiger partial charge in [0, 0.05) is 48.9 Å². The first-order valence-corrected chi connectivity index (χ1v) is 15.6. The molecule has 3 rings (SSSR count). The Morgan fingerprint density at radius 3 is 2.33 bits per heavy atom. The van der Waals surface area contributed by atoms with Gasteiger partial charge in [-0.15, -0.1) is 0 Å². The molecule has 3 atom stereocenters. The predicted molar refractivity (Wildman–Crippen MR) is 177 cm³/mol. The van der Waals surface area contributed by atoms with Crippen LogP contribution in [0.1, 0.15) is 51.2 Å². The van der Waals surface area contributed by atoms with Crippen molar-refractivity contribution in [1.29, 1.82) is 0 Å². The van der Waals surface area contributed by atoms with Crippen LogP contribution in [-0.2, 0) is 27.3 Å². The second-order valence-electron chi connectivity index (χ2n) is 11.7. The number of benzene rings is 2. The van der Waals surface area contributed by atoms with Gasteiger partial charge in [-0.25, -0.2) is 0 Å². The van der Waals surface area contributed by atoms with Crippen LogP contribution in [-0.4, -0.2) is 60.6 Å². The minimum atomic E-state index is -1.49. The van der Waals surface area contributed by atoms with E-state index < -0.39 is 29.3 Å². The van der Waals surface area contributed by atoms with Crippen molar-refractivity contribution in [2.45, 2.75) is 59.1 Å². The topological polar surface area (TPSA) is 134 Å². The Balaban J connectivity index is 2.06. The van der Waals surface area contributed by atoms with Crippen molar-refractivity contribution in [2.75, 3.05) is 26.7 Å². The molecule has 9 nitrogen and oxygen atoms in total.